The fourth-order valence-electron chi connectivity index (χ4n) is 3.09. The van der Waals surface area contributed by atoms with Gasteiger partial charge in [0, 0.05) is 31.0 Å². The monoisotopic (exact) mass is 206 g/mol. The lowest BCUT2D eigenvalue weighted by atomic mass is 9.97. The Bertz CT molecular complexity index is 346. The van der Waals surface area contributed by atoms with Gasteiger partial charge in [-0.1, -0.05) is 0 Å². The van der Waals surface area contributed by atoms with Crippen molar-refractivity contribution in [3.63, 3.8) is 0 Å². The second-order valence-electron chi connectivity index (χ2n) is 4.70. The van der Waals surface area contributed by atoms with Crippen molar-refractivity contribution in [2.75, 3.05) is 18.8 Å². The molecule has 2 aliphatic heterocycles. The van der Waals surface area contributed by atoms with Gasteiger partial charge in [0.1, 0.15) is 0 Å². The Morgan fingerprint density at radius 3 is 3.00 bits per heavy atom. The molecule has 4 nitrogen and oxygen atoms in total. The van der Waals surface area contributed by atoms with E-state index in [1.807, 2.05) is 6.20 Å². The number of rotatable bonds is 1. The Kier molecular flexibility index (Phi) is 2.16. The number of hydrogen-bond acceptors (Lipinski definition) is 3. The number of aromatic nitrogens is 2. The molecule has 15 heavy (non-hydrogen) atoms. The summed E-state index contributed by atoms with van der Waals surface area (Å²) in [7, 11) is 0. The van der Waals surface area contributed by atoms with Gasteiger partial charge in [0.15, 0.2) is 5.95 Å². The molecule has 0 radical (unpaired) electrons. The van der Waals surface area contributed by atoms with Crippen LogP contribution in [0.5, 0.6) is 0 Å². The number of nitrogen functional groups attached to an aromatic ring is 1. The van der Waals surface area contributed by atoms with Crippen molar-refractivity contribution in [2.45, 2.75) is 37.8 Å². The molecule has 1 aromatic rings. The number of fused-ring (bicyclic) bond motifs is 1. The fraction of sp³-hybridized carbons (Fsp3) is 0.727. The fourth-order valence-corrected chi connectivity index (χ4v) is 3.09. The average Bonchev–Trinajstić information content (AvgIpc) is 2.84. The molecule has 0 amide bonds. The largest absolute Gasteiger partial charge is 0.369 e. The van der Waals surface area contributed by atoms with Gasteiger partial charge >= 0.3 is 0 Å². The van der Waals surface area contributed by atoms with Crippen molar-refractivity contribution < 1.29 is 0 Å². The minimum Gasteiger partial charge on any atom is -0.369 e. The maximum absolute atomic E-state index is 5.85. The molecule has 4 heteroatoms. The third kappa shape index (κ3) is 1.53. The smallest absolute Gasteiger partial charge is 0.200 e. The van der Waals surface area contributed by atoms with E-state index >= 15 is 0 Å². The second kappa shape index (κ2) is 3.52. The standard InChI is InChI=1S/C11H18N4/c12-11-13-4-7-15(11)10-3-6-14-5-1-2-9(14)8-10/h4,7,9-10H,1-3,5-6,8H2,(H2,12,13). The van der Waals surface area contributed by atoms with E-state index in [2.05, 4.69) is 14.5 Å². The molecule has 3 heterocycles. The van der Waals surface area contributed by atoms with Gasteiger partial charge in [-0.2, -0.15) is 0 Å². The zero-order chi connectivity index (χ0) is 10.3. The SMILES string of the molecule is Nc1nccn1C1CCN2CCCC2C1. The molecule has 2 N–H and O–H groups in total. The Balaban J connectivity index is 1.76. The molecule has 2 fully saturated rings. The molecule has 0 aliphatic carbocycles. The van der Waals surface area contributed by atoms with Crippen LogP contribution in [0.25, 0.3) is 0 Å². The summed E-state index contributed by atoms with van der Waals surface area (Å²) in [6.07, 6.45) is 9.03. The van der Waals surface area contributed by atoms with E-state index in [-0.39, 0.29) is 0 Å². The first-order valence-electron chi connectivity index (χ1n) is 5.87. The number of imidazole rings is 1. The zero-order valence-corrected chi connectivity index (χ0v) is 8.97. The Labute approximate surface area is 90.1 Å². The Morgan fingerprint density at radius 2 is 2.20 bits per heavy atom. The predicted molar refractivity (Wildman–Crippen MR) is 59.5 cm³/mol. The molecule has 0 saturated carbocycles. The van der Waals surface area contributed by atoms with Gasteiger partial charge in [0.2, 0.25) is 0 Å². The van der Waals surface area contributed by atoms with Crippen LogP contribution in [0.15, 0.2) is 12.4 Å². The van der Waals surface area contributed by atoms with Crippen molar-refractivity contribution in [3.8, 4) is 0 Å². The summed E-state index contributed by atoms with van der Waals surface area (Å²) in [5.74, 6) is 0.673. The number of hydrogen-bond donors (Lipinski definition) is 1. The van der Waals surface area contributed by atoms with Crippen molar-refractivity contribution in [2.24, 2.45) is 0 Å². The van der Waals surface area contributed by atoms with E-state index in [1.54, 1.807) is 6.20 Å². The first kappa shape index (κ1) is 9.21. The van der Waals surface area contributed by atoms with Crippen LogP contribution >= 0.6 is 0 Å². The molecule has 2 unspecified atom stereocenters. The average molecular weight is 206 g/mol. The van der Waals surface area contributed by atoms with E-state index < -0.39 is 0 Å². The van der Waals surface area contributed by atoms with Crippen LogP contribution in [0.1, 0.15) is 31.7 Å². The van der Waals surface area contributed by atoms with E-state index in [0.29, 0.717) is 12.0 Å². The summed E-state index contributed by atoms with van der Waals surface area (Å²) < 4.78 is 2.15. The van der Waals surface area contributed by atoms with Gasteiger partial charge in [0.05, 0.1) is 0 Å². The maximum atomic E-state index is 5.85. The molecule has 3 rings (SSSR count). The van der Waals surface area contributed by atoms with Gasteiger partial charge in [-0.15, -0.1) is 0 Å². The summed E-state index contributed by atoms with van der Waals surface area (Å²) >= 11 is 0. The van der Waals surface area contributed by atoms with Gasteiger partial charge in [-0.3, -0.25) is 0 Å². The highest BCUT2D eigenvalue weighted by Gasteiger charge is 2.32. The lowest BCUT2D eigenvalue weighted by Gasteiger charge is -2.35. The topological polar surface area (TPSA) is 47.1 Å². The van der Waals surface area contributed by atoms with E-state index in [0.717, 1.165) is 6.04 Å². The quantitative estimate of drug-likeness (QED) is 0.752. The van der Waals surface area contributed by atoms with Crippen LogP contribution in [-0.4, -0.2) is 33.6 Å². The molecule has 1 aromatic heterocycles. The number of nitrogens with two attached hydrogens (primary N) is 1. The van der Waals surface area contributed by atoms with Crippen LogP contribution in [0.4, 0.5) is 5.95 Å². The summed E-state index contributed by atoms with van der Waals surface area (Å²) in [5, 5.41) is 0. The van der Waals surface area contributed by atoms with Gasteiger partial charge in [0.25, 0.3) is 0 Å². The van der Waals surface area contributed by atoms with Gasteiger partial charge in [-0.25, -0.2) is 4.98 Å². The van der Waals surface area contributed by atoms with Crippen LogP contribution < -0.4 is 5.73 Å². The zero-order valence-electron chi connectivity index (χ0n) is 8.97. The van der Waals surface area contributed by atoms with Crippen LogP contribution in [0, 0.1) is 0 Å². The highest BCUT2D eigenvalue weighted by atomic mass is 15.2. The molecule has 0 aromatic carbocycles. The van der Waals surface area contributed by atoms with Crippen molar-refractivity contribution in [3.05, 3.63) is 12.4 Å². The maximum Gasteiger partial charge on any atom is 0.200 e. The van der Waals surface area contributed by atoms with Crippen LogP contribution in [0.2, 0.25) is 0 Å². The number of piperidine rings is 1. The third-order valence-electron chi connectivity index (χ3n) is 3.88. The van der Waals surface area contributed by atoms with E-state index in [9.17, 15) is 0 Å². The van der Waals surface area contributed by atoms with Crippen LogP contribution in [-0.2, 0) is 0 Å². The van der Waals surface area contributed by atoms with Crippen molar-refractivity contribution in [1.29, 1.82) is 0 Å². The normalized spacial score (nSPS) is 31.7. The summed E-state index contributed by atoms with van der Waals surface area (Å²) in [6, 6.07) is 1.37. The molecule has 82 valence electrons. The Hall–Kier alpha value is -1.03. The van der Waals surface area contributed by atoms with Crippen molar-refractivity contribution >= 4 is 5.95 Å². The summed E-state index contributed by atoms with van der Waals surface area (Å²) in [5.41, 5.74) is 5.85. The molecular weight excluding hydrogens is 188 g/mol. The molecule has 2 saturated heterocycles. The van der Waals surface area contributed by atoms with E-state index in [4.69, 9.17) is 5.73 Å². The summed E-state index contributed by atoms with van der Waals surface area (Å²) in [4.78, 5) is 6.73. The first-order valence-corrected chi connectivity index (χ1v) is 5.87. The van der Waals surface area contributed by atoms with E-state index in [1.165, 1.54) is 38.8 Å². The van der Waals surface area contributed by atoms with Gasteiger partial charge < -0.3 is 15.2 Å². The Morgan fingerprint density at radius 1 is 1.27 bits per heavy atom. The summed E-state index contributed by atoms with van der Waals surface area (Å²) in [6.45, 7) is 2.53. The highest BCUT2D eigenvalue weighted by Crippen LogP contribution is 2.33. The molecule has 2 aliphatic rings. The minimum atomic E-state index is 0.576. The second-order valence-corrected chi connectivity index (χ2v) is 4.70. The molecule has 0 spiro atoms. The van der Waals surface area contributed by atoms with Crippen LogP contribution in [0.3, 0.4) is 0 Å². The molecular formula is C11H18N4. The number of anilines is 1. The third-order valence-corrected chi connectivity index (χ3v) is 3.88. The lowest BCUT2D eigenvalue weighted by Crippen LogP contribution is -2.38. The molecule has 0 bridgehead atoms. The minimum absolute atomic E-state index is 0.576. The predicted octanol–water partition coefficient (Wildman–Crippen LogP) is 1.26. The van der Waals surface area contributed by atoms with Gasteiger partial charge in [-0.05, 0) is 32.2 Å². The first-order chi connectivity index (χ1) is 7.34. The lowest BCUT2D eigenvalue weighted by molar-refractivity contribution is 0.156. The molecule has 2 atom stereocenters. The highest BCUT2D eigenvalue weighted by molar-refractivity contribution is 5.18. The van der Waals surface area contributed by atoms with Crippen molar-refractivity contribution in [1.82, 2.24) is 14.5 Å². The number of nitrogens with zero attached hydrogens (tertiary/aromatic N) is 3.